The average molecular weight is 342 g/mol. The highest BCUT2D eigenvalue weighted by atomic mass is 19.1. The Hall–Kier alpha value is -2.24. The van der Waals surface area contributed by atoms with Crippen molar-refractivity contribution in [2.45, 2.75) is 12.5 Å². The minimum atomic E-state index is -0.401. The third-order valence-corrected chi connectivity index (χ3v) is 4.46. The van der Waals surface area contributed by atoms with Crippen molar-refractivity contribution in [2.75, 3.05) is 32.8 Å². The number of rotatable bonds is 6. The number of benzene rings is 2. The summed E-state index contributed by atoms with van der Waals surface area (Å²) in [5.74, 6) is -0.646. The maximum absolute atomic E-state index is 13.3. The number of nitrogens with zero attached hydrogens (tertiary/aromatic N) is 1. The number of carbonyl (C=O) groups is 1. The Morgan fingerprint density at radius 3 is 2.60 bits per heavy atom. The van der Waals surface area contributed by atoms with Crippen molar-refractivity contribution in [2.24, 2.45) is 0 Å². The monoisotopic (exact) mass is 342 g/mol. The van der Waals surface area contributed by atoms with Crippen LogP contribution < -0.4 is 5.32 Å². The Morgan fingerprint density at radius 1 is 1.12 bits per heavy atom. The van der Waals surface area contributed by atoms with E-state index in [9.17, 15) is 9.18 Å². The second-order valence-corrected chi connectivity index (χ2v) is 6.21. The van der Waals surface area contributed by atoms with Gasteiger partial charge >= 0.3 is 0 Å². The van der Waals surface area contributed by atoms with Gasteiger partial charge < -0.3 is 10.1 Å². The lowest BCUT2D eigenvalue weighted by Crippen LogP contribution is -2.49. The number of hydrogen-bond donors (Lipinski definition) is 1. The van der Waals surface area contributed by atoms with E-state index >= 15 is 0 Å². The third-order valence-electron chi connectivity index (χ3n) is 4.46. The molecule has 0 radical (unpaired) electrons. The molecule has 4 nitrogen and oxygen atoms in total. The summed E-state index contributed by atoms with van der Waals surface area (Å²) in [4.78, 5) is 14.7. The number of amides is 1. The van der Waals surface area contributed by atoms with E-state index in [0.717, 1.165) is 19.5 Å². The van der Waals surface area contributed by atoms with Crippen molar-refractivity contribution in [3.63, 3.8) is 0 Å². The molecule has 1 heterocycles. The van der Waals surface area contributed by atoms with E-state index in [0.29, 0.717) is 25.3 Å². The minimum absolute atomic E-state index is 0.184. The summed E-state index contributed by atoms with van der Waals surface area (Å²) in [6.07, 6.45) is 0.851. The fraction of sp³-hybridized carbons (Fsp3) is 0.350. The van der Waals surface area contributed by atoms with Crippen molar-refractivity contribution >= 4 is 5.91 Å². The van der Waals surface area contributed by atoms with E-state index in [2.05, 4.69) is 22.3 Å². The zero-order chi connectivity index (χ0) is 17.5. The lowest BCUT2D eigenvalue weighted by atomic mass is 10.0. The van der Waals surface area contributed by atoms with Gasteiger partial charge in [0.2, 0.25) is 0 Å². The largest absolute Gasteiger partial charge is 0.379 e. The van der Waals surface area contributed by atoms with Gasteiger partial charge in [0.15, 0.2) is 0 Å². The second-order valence-electron chi connectivity index (χ2n) is 6.21. The van der Waals surface area contributed by atoms with Gasteiger partial charge in [0.25, 0.3) is 5.91 Å². The molecule has 1 unspecified atom stereocenters. The predicted molar refractivity (Wildman–Crippen MR) is 95.1 cm³/mol. The van der Waals surface area contributed by atoms with Gasteiger partial charge in [-0.1, -0.05) is 36.4 Å². The van der Waals surface area contributed by atoms with Gasteiger partial charge in [0, 0.05) is 31.2 Å². The highest BCUT2D eigenvalue weighted by molar-refractivity contribution is 5.94. The first-order valence-electron chi connectivity index (χ1n) is 8.62. The fourth-order valence-electron chi connectivity index (χ4n) is 3.10. The van der Waals surface area contributed by atoms with E-state index in [1.165, 1.54) is 17.7 Å². The summed E-state index contributed by atoms with van der Waals surface area (Å²) >= 11 is 0. The molecule has 0 spiro atoms. The quantitative estimate of drug-likeness (QED) is 0.877. The van der Waals surface area contributed by atoms with Crippen molar-refractivity contribution < 1.29 is 13.9 Å². The summed E-state index contributed by atoms with van der Waals surface area (Å²) in [6, 6.07) is 16.2. The molecule has 1 fully saturated rings. The zero-order valence-electron chi connectivity index (χ0n) is 14.2. The zero-order valence-corrected chi connectivity index (χ0v) is 14.2. The number of ether oxygens (including phenoxy) is 1. The molecule has 1 aliphatic rings. The topological polar surface area (TPSA) is 41.6 Å². The van der Waals surface area contributed by atoms with Crippen LogP contribution in [0.2, 0.25) is 0 Å². The second kappa shape index (κ2) is 8.74. The molecule has 0 aromatic heterocycles. The molecule has 5 heteroatoms. The maximum Gasteiger partial charge on any atom is 0.251 e. The Balaban J connectivity index is 1.65. The number of morpholine rings is 1. The molecule has 2 aromatic carbocycles. The van der Waals surface area contributed by atoms with Crippen LogP contribution in [0.5, 0.6) is 0 Å². The van der Waals surface area contributed by atoms with Gasteiger partial charge in [0.1, 0.15) is 5.82 Å². The molecule has 0 bridgehead atoms. The van der Waals surface area contributed by atoms with Gasteiger partial charge in [-0.15, -0.1) is 0 Å². The molecule has 1 amide bonds. The lowest BCUT2D eigenvalue weighted by Gasteiger charge is -2.34. The van der Waals surface area contributed by atoms with Gasteiger partial charge in [-0.2, -0.15) is 0 Å². The molecule has 0 saturated carbocycles. The molecule has 132 valence electrons. The third kappa shape index (κ3) is 5.11. The van der Waals surface area contributed by atoms with Crippen LogP contribution in [0.1, 0.15) is 15.9 Å². The summed E-state index contributed by atoms with van der Waals surface area (Å²) in [7, 11) is 0. The average Bonchev–Trinajstić information content (AvgIpc) is 2.66. The summed E-state index contributed by atoms with van der Waals surface area (Å²) in [6.45, 7) is 3.65. The van der Waals surface area contributed by atoms with Crippen LogP contribution in [0, 0.1) is 5.82 Å². The number of nitrogens with one attached hydrogen (secondary N) is 1. The standard InChI is InChI=1S/C20H23FN2O2/c21-18-8-4-7-17(14-18)20(24)22-15-19(23-9-11-25-12-10-23)13-16-5-2-1-3-6-16/h1-8,14,19H,9-13,15H2,(H,22,24). The molecule has 1 saturated heterocycles. The van der Waals surface area contributed by atoms with Crippen LogP contribution in [0.25, 0.3) is 0 Å². The van der Waals surface area contributed by atoms with Crippen molar-refractivity contribution in [3.8, 4) is 0 Å². The Morgan fingerprint density at radius 2 is 1.88 bits per heavy atom. The first-order chi connectivity index (χ1) is 12.2. The fourth-order valence-corrected chi connectivity index (χ4v) is 3.10. The first-order valence-corrected chi connectivity index (χ1v) is 8.62. The number of hydrogen-bond acceptors (Lipinski definition) is 3. The van der Waals surface area contributed by atoms with Crippen molar-refractivity contribution in [3.05, 3.63) is 71.5 Å². The van der Waals surface area contributed by atoms with E-state index in [1.807, 2.05) is 18.2 Å². The van der Waals surface area contributed by atoms with Crippen LogP contribution in [0.15, 0.2) is 54.6 Å². The molecule has 3 rings (SSSR count). The van der Waals surface area contributed by atoms with E-state index in [4.69, 9.17) is 4.74 Å². The molecule has 1 aliphatic heterocycles. The molecule has 1 N–H and O–H groups in total. The van der Waals surface area contributed by atoms with E-state index in [-0.39, 0.29) is 11.9 Å². The summed E-state index contributed by atoms with van der Waals surface area (Å²) < 4.78 is 18.7. The molecular weight excluding hydrogens is 319 g/mol. The smallest absolute Gasteiger partial charge is 0.251 e. The van der Waals surface area contributed by atoms with Crippen LogP contribution >= 0.6 is 0 Å². The Labute approximate surface area is 147 Å². The molecule has 25 heavy (non-hydrogen) atoms. The van der Waals surface area contributed by atoms with E-state index < -0.39 is 5.82 Å². The SMILES string of the molecule is O=C(NCC(Cc1ccccc1)N1CCOCC1)c1cccc(F)c1. The minimum Gasteiger partial charge on any atom is -0.379 e. The molecule has 0 aliphatic carbocycles. The van der Waals surface area contributed by atoms with Gasteiger partial charge in [-0.3, -0.25) is 9.69 Å². The van der Waals surface area contributed by atoms with Gasteiger partial charge in [0.05, 0.1) is 13.2 Å². The van der Waals surface area contributed by atoms with Gasteiger partial charge in [-0.05, 0) is 30.2 Å². The van der Waals surface area contributed by atoms with Crippen LogP contribution in [-0.2, 0) is 11.2 Å². The first kappa shape index (κ1) is 17.6. The lowest BCUT2D eigenvalue weighted by molar-refractivity contribution is 0.0167. The maximum atomic E-state index is 13.3. The Kier molecular flexibility index (Phi) is 6.14. The normalized spacial score (nSPS) is 16.4. The molecular formula is C20H23FN2O2. The molecule has 2 aromatic rings. The number of halogens is 1. The molecule has 1 atom stereocenters. The summed E-state index contributed by atoms with van der Waals surface area (Å²) in [5.41, 5.74) is 1.58. The van der Waals surface area contributed by atoms with Crippen LogP contribution in [-0.4, -0.2) is 49.7 Å². The van der Waals surface area contributed by atoms with Crippen molar-refractivity contribution in [1.82, 2.24) is 10.2 Å². The van der Waals surface area contributed by atoms with Crippen molar-refractivity contribution in [1.29, 1.82) is 0 Å². The Bertz CT molecular complexity index is 687. The van der Waals surface area contributed by atoms with Crippen LogP contribution in [0.4, 0.5) is 4.39 Å². The number of carbonyl (C=O) groups excluding carboxylic acids is 1. The van der Waals surface area contributed by atoms with Crippen LogP contribution in [0.3, 0.4) is 0 Å². The van der Waals surface area contributed by atoms with Gasteiger partial charge in [-0.25, -0.2) is 4.39 Å². The highest BCUT2D eigenvalue weighted by Crippen LogP contribution is 2.11. The summed E-state index contributed by atoms with van der Waals surface area (Å²) in [5, 5.41) is 2.96. The predicted octanol–water partition coefficient (Wildman–Crippen LogP) is 2.50. The highest BCUT2D eigenvalue weighted by Gasteiger charge is 2.22. The van der Waals surface area contributed by atoms with E-state index in [1.54, 1.807) is 12.1 Å².